The van der Waals surface area contributed by atoms with Crippen molar-refractivity contribution in [3.63, 3.8) is 0 Å². The second-order valence-corrected chi connectivity index (χ2v) is 13.1. The standard InChI is InChI=1S/C43H29N3/c1-3-13-33-29(10-1)30-11-2-4-14-34(30)43(33)35-15-5-6-17-39(35)46-38-23-21-28(25-32(38)31-12-7-16-36(43)42(31)46)37-22-20-27-19-18-26-9-8-24-44-40(26)41(27)45-37/h1-20,22,24-25,37,45H,21,23H2. The van der Waals surface area contributed by atoms with Gasteiger partial charge >= 0.3 is 0 Å². The van der Waals surface area contributed by atoms with Crippen LogP contribution in [0.25, 0.3) is 50.8 Å². The molecule has 4 aliphatic rings. The van der Waals surface area contributed by atoms with Crippen molar-refractivity contribution >= 4 is 39.6 Å². The lowest BCUT2D eigenvalue weighted by Crippen LogP contribution is -2.33. The van der Waals surface area contributed by atoms with Gasteiger partial charge in [-0.1, -0.05) is 121 Å². The Morgan fingerprint density at radius 2 is 1.46 bits per heavy atom. The SMILES string of the molecule is C1=CC(C2=Cc3c(n4c5c(cccc35)C3(c5ccccc5-c5ccccc53)c3ccccc3-4)CC2)Nc2c1ccc1cccnc21. The third-order valence-electron chi connectivity index (χ3n) is 11.0. The van der Waals surface area contributed by atoms with Crippen molar-refractivity contribution in [1.82, 2.24) is 9.55 Å². The number of rotatable bonds is 1. The van der Waals surface area contributed by atoms with Crippen LogP contribution >= 0.6 is 0 Å². The quantitative estimate of drug-likeness (QED) is 0.207. The molecule has 2 aliphatic carbocycles. The van der Waals surface area contributed by atoms with Gasteiger partial charge in [-0.2, -0.15) is 0 Å². The molecule has 0 fully saturated rings. The number of benzene rings is 5. The number of fused-ring (bicyclic) bond motifs is 15. The Hall–Kier alpha value is -5.67. The van der Waals surface area contributed by atoms with E-state index in [1.807, 2.05) is 12.3 Å². The number of aromatic nitrogens is 2. The van der Waals surface area contributed by atoms with Crippen LogP contribution in [0.2, 0.25) is 0 Å². The summed E-state index contributed by atoms with van der Waals surface area (Å²) in [7, 11) is 0. The molecule has 5 aromatic carbocycles. The Kier molecular flexibility index (Phi) is 4.68. The summed E-state index contributed by atoms with van der Waals surface area (Å²) in [6, 6.07) is 43.0. The molecule has 11 rings (SSSR count). The molecule has 4 heterocycles. The number of hydrogen-bond acceptors (Lipinski definition) is 2. The van der Waals surface area contributed by atoms with Crippen molar-refractivity contribution in [3.8, 4) is 16.8 Å². The van der Waals surface area contributed by atoms with E-state index in [4.69, 9.17) is 4.98 Å². The molecule has 3 heteroatoms. The number of hydrogen-bond donors (Lipinski definition) is 1. The van der Waals surface area contributed by atoms with E-state index in [-0.39, 0.29) is 11.5 Å². The van der Waals surface area contributed by atoms with Gasteiger partial charge in [0.05, 0.1) is 33.9 Å². The third kappa shape index (κ3) is 2.92. The maximum Gasteiger partial charge on any atom is 0.0939 e. The Morgan fingerprint density at radius 1 is 0.696 bits per heavy atom. The van der Waals surface area contributed by atoms with Gasteiger partial charge < -0.3 is 9.88 Å². The van der Waals surface area contributed by atoms with Crippen LogP contribution in [0.15, 0.2) is 133 Å². The van der Waals surface area contributed by atoms with Crippen LogP contribution in [0.1, 0.15) is 45.5 Å². The first kappa shape index (κ1) is 24.6. The van der Waals surface area contributed by atoms with Gasteiger partial charge in [0.15, 0.2) is 0 Å². The molecule has 46 heavy (non-hydrogen) atoms. The highest BCUT2D eigenvalue weighted by Gasteiger charge is 2.50. The second kappa shape index (κ2) is 8.74. The van der Waals surface area contributed by atoms with Gasteiger partial charge in [0, 0.05) is 28.2 Å². The highest BCUT2D eigenvalue weighted by molar-refractivity contribution is 6.02. The Labute approximate surface area is 267 Å². The molecule has 1 atom stereocenters. The molecule has 1 unspecified atom stereocenters. The summed E-state index contributed by atoms with van der Waals surface area (Å²) in [4.78, 5) is 4.75. The van der Waals surface area contributed by atoms with E-state index >= 15 is 0 Å². The Morgan fingerprint density at radius 3 is 2.30 bits per heavy atom. The van der Waals surface area contributed by atoms with Gasteiger partial charge in [-0.05, 0) is 69.5 Å². The van der Waals surface area contributed by atoms with Gasteiger partial charge in [0.25, 0.3) is 0 Å². The fourth-order valence-electron chi connectivity index (χ4n) is 9.17. The zero-order valence-corrected chi connectivity index (χ0v) is 25.2. The summed E-state index contributed by atoms with van der Waals surface area (Å²) >= 11 is 0. The lowest BCUT2D eigenvalue weighted by molar-refractivity contribution is 0.730. The van der Waals surface area contributed by atoms with Crippen LogP contribution in [-0.4, -0.2) is 15.6 Å². The van der Waals surface area contributed by atoms with Gasteiger partial charge in [-0.3, -0.25) is 4.98 Å². The first-order chi connectivity index (χ1) is 22.8. The van der Waals surface area contributed by atoms with E-state index in [1.165, 1.54) is 77.8 Å². The topological polar surface area (TPSA) is 29.9 Å². The minimum atomic E-state index is -0.363. The van der Waals surface area contributed by atoms with Crippen molar-refractivity contribution < 1.29 is 0 Å². The number of anilines is 1. The average Bonchev–Trinajstić information content (AvgIpc) is 3.62. The second-order valence-electron chi connectivity index (χ2n) is 13.1. The average molecular weight is 588 g/mol. The van der Waals surface area contributed by atoms with Crippen LogP contribution in [0.5, 0.6) is 0 Å². The van der Waals surface area contributed by atoms with Crippen LogP contribution in [0.3, 0.4) is 0 Å². The van der Waals surface area contributed by atoms with Gasteiger partial charge in [0.1, 0.15) is 0 Å². The van der Waals surface area contributed by atoms with Gasteiger partial charge in [-0.15, -0.1) is 0 Å². The molecule has 0 radical (unpaired) electrons. The number of pyridine rings is 1. The zero-order chi connectivity index (χ0) is 30.0. The summed E-state index contributed by atoms with van der Waals surface area (Å²) in [6.07, 6.45) is 11.0. The minimum absolute atomic E-state index is 0.132. The maximum absolute atomic E-state index is 4.75. The molecule has 0 amide bonds. The molecule has 7 aromatic rings. The zero-order valence-electron chi connectivity index (χ0n) is 25.2. The molecule has 2 aromatic heterocycles. The summed E-state index contributed by atoms with van der Waals surface area (Å²) in [5.41, 5.74) is 18.1. The lowest BCUT2D eigenvalue weighted by atomic mass is 9.65. The maximum atomic E-state index is 4.75. The first-order valence-electron chi connectivity index (χ1n) is 16.3. The minimum Gasteiger partial charge on any atom is -0.373 e. The van der Waals surface area contributed by atoms with Gasteiger partial charge in [0.2, 0.25) is 0 Å². The van der Waals surface area contributed by atoms with Crippen LogP contribution in [0.4, 0.5) is 5.69 Å². The summed E-state index contributed by atoms with van der Waals surface area (Å²) in [6.45, 7) is 0. The van der Waals surface area contributed by atoms with Crippen molar-refractivity contribution in [3.05, 3.63) is 172 Å². The van der Waals surface area contributed by atoms with E-state index in [2.05, 4.69) is 137 Å². The normalized spacial score (nSPS) is 17.6. The van der Waals surface area contributed by atoms with E-state index in [9.17, 15) is 0 Å². The van der Waals surface area contributed by atoms with E-state index in [0.717, 1.165) is 24.0 Å². The summed E-state index contributed by atoms with van der Waals surface area (Å²) in [5, 5.41) is 6.39. The third-order valence-corrected chi connectivity index (χ3v) is 11.0. The monoisotopic (exact) mass is 587 g/mol. The van der Waals surface area contributed by atoms with Crippen molar-refractivity contribution in [2.24, 2.45) is 0 Å². The molecular weight excluding hydrogens is 558 g/mol. The molecule has 1 N–H and O–H groups in total. The van der Waals surface area contributed by atoms with E-state index in [0.29, 0.717) is 0 Å². The number of nitrogens with one attached hydrogen (secondary N) is 1. The fraction of sp³-hybridized carbons (Fsp3) is 0.0930. The first-order valence-corrected chi connectivity index (χ1v) is 16.3. The lowest BCUT2D eigenvalue weighted by Gasteiger charge is -2.39. The van der Waals surface area contributed by atoms with Crippen LogP contribution in [-0.2, 0) is 11.8 Å². The predicted molar refractivity (Wildman–Crippen MR) is 189 cm³/mol. The molecule has 0 saturated heterocycles. The van der Waals surface area contributed by atoms with Crippen molar-refractivity contribution in [2.75, 3.05) is 5.32 Å². The Bertz CT molecular complexity index is 2480. The molecule has 1 spiro atoms. The highest BCUT2D eigenvalue weighted by Crippen LogP contribution is 2.61. The summed E-state index contributed by atoms with van der Waals surface area (Å²) in [5.74, 6) is 0. The van der Waals surface area contributed by atoms with Crippen LogP contribution in [0, 0.1) is 0 Å². The summed E-state index contributed by atoms with van der Waals surface area (Å²) < 4.78 is 2.61. The molecule has 2 aliphatic heterocycles. The largest absolute Gasteiger partial charge is 0.373 e. The van der Waals surface area contributed by atoms with Gasteiger partial charge in [-0.25, -0.2) is 0 Å². The fourth-order valence-corrected chi connectivity index (χ4v) is 9.17. The van der Waals surface area contributed by atoms with E-state index in [1.54, 1.807) is 0 Å². The van der Waals surface area contributed by atoms with E-state index < -0.39 is 0 Å². The highest BCUT2D eigenvalue weighted by atomic mass is 15.0. The number of nitrogens with zero attached hydrogens (tertiary/aromatic N) is 2. The Balaban J connectivity index is 1.15. The molecule has 0 bridgehead atoms. The number of para-hydroxylation sites is 2. The molecular formula is C43H29N3. The molecule has 3 nitrogen and oxygen atoms in total. The van der Waals surface area contributed by atoms with Crippen molar-refractivity contribution in [2.45, 2.75) is 24.3 Å². The van der Waals surface area contributed by atoms with Crippen LogP contribution < -0.4 is 5.32 Å². The van der Waals surface area contributed by atoms with Crippen molar-refractivity contribution in [1.29, 1.82) is 0 Å². The predicted octanol–water partition coefficient (Wildman–Crippen LogP) is 9.69. The molecule has 216 valence electrons. The molecule has 0 saturated carbocycles. The smallest absolute Gasteiger partial charge is 0.0939 e.